The molecule has 0 unspecified atom stereocenters. The summed E-state index contributed by atoms with van der Waals surface area (Å²) in [6.45, 7) is 1.93. The van der Waals surface area contributed by atoms with Gasteiger partial charge < -0.3 is 5.11 Å². The number of nitrogens with zero attached hydrogens (tertiary/aromatic N) is 2. The highest BCUT2D eigenvalue weighted by molar-refractivity contribution is 7.14. The fourth-order valence-electron chi connectivity index (χ4n) is 3.22. The Morgan fingerprint density at radius 3 is 2.50 bits per heavy atom. The molecule has 1 aliphatic heterocycles. The standard InChI is InChI=1S/C21H15ClN2O3S/c1-12-6-8-13(9-7-12)18(25)16-17(14-4-2-3-5-15(14)22)24(20(27)19(16)26)21-23-10-11-28-21/h2-11,17,25H,1H3/t17-/m1/s1. The Labute approximate surface area is 170 Å². The maximum atomic E-state index is 12.9. The van der Waals surface area contributed by atoms with Crippen LogP contribution in [0.1, 0.15) is 22.7 Å². The van der Waals surface area contributed by atoms with Crippen LogP contribution in [-0.4, -0.2) is 21.8 Å². The van der Waals surface area contributed by atoms with Crippen molar-refractivity contribution in [3.8, 4) is 0 Å². The Bertz CT molecular complexity index is 1090. The smallest absolute Gasteiger partial charge is 0.301 e. The molecule has 1 saturated heterocycles. The second kappa shape index (κ2) is 7.22. The van der Waals surface area contributed by atoms with Gasteiger partial charge in [-0.15, -0.1) is 11.3 Å². The molecule has 1 aromatic heterocycles. The Morgan fingerprint density at radius 2 is 1.86 bits per heavy atom. The SMILES string of the molecule is Cc1ccc(C(O)=C2C(=O)C(=O)N(c3nccs3)[C@@H]2c2ccccc2Cl)cc1. The average molecular weight is 411 g/mol. The first kappa shape index (κ1) is 18.4. The zero-order valence-corrected chi connectivity index (χ0v) is 16.4. The molecule has 3 aromatic rings. The van der Waals surface area contributed by atoms with E-state index < -0.39 is 17.7 Å². The minimum Gasteiger partial charge on any atom is -0.507 e. The first-order valence-corrected chi connectivity index (χ1v) is 9.76. The third-order valence-corrected chi connectivity index (χ3v) is 5.71. The average Bonchev–Trinajstić information content (AvgIpc) is 3.30. The van der Waals surface area contributed by atoms with Gasteiger partial charge in [0.1, 0.15) is 5.76 Å². The van der Waals surface area contributed by atoms with Gasteiger partial charge in [-0.1, -0.05) is 59.6 Å². The predicted octanol–water partition coefficient (Wildman–Crippen LogP) is 4.73. The van der Waals surface area contributed by atoms with E-state index in [2.05, 4.69) is 4.98 Å². The number of hydrogen-bond acceptors (Lipinski definition) is 5. The van der Waals surface area contributed by atoms with Crippen LogP contribution in [0.5, 0.6) is 0 Å². The molecule has 4 rings (SSSR count). The topological polar surface area (TPSA) is 70.5 Å². The molecule has 5 nitrogen and oxygen atoms in total. The van der Waals surface area contributed by atoms with E-state index in [1.165, 1.54) is 16.2 Å². The third kappa shape index (κ3) is 3.00. The van der Waals surface area contributed by atoms with Crippen LogP contribution in [-0.2, 0) is 9.59 Å². The molecule has 28 heavy (non-hydrogen) atoms. The maximum Gasteiger partial charge on any atom is 0.301 e. The minimum absolute atomic E-state index is 0.00264. The van der Waals surface area contributed by atoms with E-state index in [9.17, 15) is 14.7 Å². The van der Waals surface area contributed by atoms with Crippen molar-refractivity contribution < 1.29 is 14.7 Å². The molecule has 2 heterocycles. The van der Waals surface area contributed by atoms with Crippen LogP contribution in [0, 0.1) is 6.92 Å². The molecule has 0 aliphatic carbocycles. The maximum absolute atomic E-state index is 12.9. The van der Waals surface area contributed by atoms with Crippen molar-refractivity contribution in [3.63, 3.8) is 0 Å². The molecule has 1 fully saturated rings. The third-order valence-electron chi connectivity index (χ3n) is 4.59. The lowest BCUT2D eigenvalue weighted by atomic mass is 9.95. The van der Waals surface area contributed by atoms with E-state index in [-0.39, 0.29) is 11.3 Å². The molecular weight excluding hydrogens is 396 g/mol. The highest BCUT2D eigenvalue weighted by atomic mass is 35.5. The van der Waals surface area contributed by atoms with E-state index in [1.54, 1.807) is 48.0 Å². The van der Waals surface area contributed by atoms with Gasteiger partial charge in [0, 0.05) is 22.2 Å². The van der Waals surface area contributed by atoms with Gasteiger partial charge in [0.25, 0.3) is 5.78 Å². The van der Waals surface area contributed by atoms with Gasteiger partial charge in [-0.2, -0.15) is 0 Å². The van der Waals surface area contributed by atoms with Crippen molar-refractivity contribution >= 4 is 45.5 Å². The highest BCUT2D eigenvalue weighted by Gasteiger charge is 2.48. The Kier molecular flexibility index (Phi) is 4.75. The lowest BCUT2D eigenvalue weighted by molar-refractivity contribution is -0.132. The van der Waals surface area contributed by atoms with E-state index in [1.807, 2.05) is 19.1 Å². The van der Waals surface area contributed by atoms with Gasteiger partial charge in [-0.05, 0) is 18.6 Å². The van der Waals surface area contributed by atoms with Crippen molar-refractivity contribution in [3.05, 3.63) is 87.4 Å². The Morgan fingerprint density at radius 1 is 1.14 bits per heavy atom. The van der Waals surface area contributed by atoms with Crippen LogP contribution < -0.4 is 4.90 Å². The number of carbonyl (C=O) groups excluding carboxylic acids is 2. The van der Waals surface area contributed by atoms with Crippen LogP contribution in [0.3, 0.4) is 0 Å². The summed E-state index contributed by atoms with van der Waals surface area (Å²) in [5, 5.41) is 13.4. The fraction of sp³-hybridized carbons (Fsp3) is 0.0952. The Hall–Kier alpha value is -2.96. The number of thiazole rings is 1. The van der Waals surface area contributed by atoms with Crippen LogP contribution in [0.25, 0.3) is 5.76 Å². The second-order valence-electron chi connectivity index (χ2n) is 6.37. The molecule has 1 atom stereocenters. The van der Waals surface area contributed by atoms with Crippen LogP contribution in [0.4, 0.5) is 5.13 Å². The van der Waals surface area contributed by atoms with Crippen LogP contribution in [0.15, 0.2) is 65.7 Å². The number of amides is 1. The van der Waals surface area contributed by atoms with E-state index in [0.717, 1.165) is 5.56 Å². The molecule has 1 aliphatic rings. The number of carbonyl (C=O) groups is 2. The lowest BCUT2D eigenvalue weighted by Crippen LogP contribution is -2.29. The molecule has 0 radical (unpaired) electrons. The zero-order valence-electron chi connectivity index (χ0n) is 14.8. The molecule has 0 bridgehead atoms. The second-order valence-corrected chi connectivity index (χ2v) is 7.65. The van der Waals surface area contributed by atoms with Gasteiger partial charge >= 0.3 is 5.91 Å². The van der Waals surface area contributed by atoms with Crippen molar-refractivity contribution in [1.82, 2.24) is 4.98 Å². The summed E-state index contributed by atoms with van der Waals surface area (Å²) in [6, 6.07) is 13.2. The number of aromatic nitrogens is 1. The molecule has 0 saturated carbocycles. The van der Waals surface area contributed by atoms with E-state index >= 15 is 0 Å². The van der Waals surface area contributed by atoms with Gasteiger partial charge in [-0.3, -0.25) is 14.5 Å². The normalized spacial score (nSPS) is 18.6. The first-order valence-electron chi connectivity index (χ1n) is 8.51. The fourth-order valence-corrected chi connectivity index (χ4v) is 4.13. The summed E-state index contributed by atoms with van der Waals surface area (Å²) in [6.07, 6.45) is 1.56. The van der Waals surface area contributed by atoms with Gasteiger partial charge in [0.15, 0.2) is 5.13 Å². The molecule has 2 aromatic carbocycles. The predicted molar refractivity (Wildman–Crippen MR) is 110 cm³/mol. The molecule has 0 spiro atoms. The summed E-state index contributed by atoms with van der Waals surface area (Å²) in [7, 11) is 0. The van der Waals surface area contributed by atoms with Gasteiger partial charge in [0.2, 0.25) is 0 Å². The number of ketones is 1. The quantitative estimate of drug-likeness (QED) is 0.385. The van der Waals surface area contributed by atoms with Crippen LogP contribution in [0.2, 0.25) is 5.02 Å². The lowest BCUT2D eigenvalue weighted by Gasteiger charge is -2.23. The molecule has 1 N–H and O–H groups in total. The summed E-state index contributed by atoms with van der Waals surface area (Å²) in [5.41, 5.74) is 2.02. The Balaban J connectivity index is 1.96. The number of benzene rings is 2. The molecular formula is C21H15ClN2O3S. The molecule has 1 amide bonds. The van der Waals surface area contributed by atoms with Gasteiger partial charge in [-0.25, -0.2) is 4.98 Å². The van der Waals surface area contributed by atoms with Crippen molar-refractivity contribution in [2.75, 3.05) is 4.90 Å². The number of aliphatic hydroxyl groups is 1. The number of aryl methyl sites for hydroxylation is 1. The minimum atomic E-state index is -0.860. The highest BCUT2D eigenvalue weighted by Crippen LogP contribution is 2.44. The zero-order chi connectivity index (χ0) is 19.8. The number of hydrogen-bond donors (Lipinski definition) is 1. The number of Topliss-reactive ketones (excluding diaryl/α,β-unsaturated/α-hetero) is 1. The van der Waals surface area contributed by atoms with Crippen molar-refractivity contribution in [2.24, 2.45) is 0 Å². The van der Waals surface area contributed by atoms with Crippen LogP contribution >= 0.6 is 22.9 Å². The number of anilines is 1. The summed E-state index contributed by atoms with van der Waals surface area (Å²) < 4.78 is 0. The summed E-state index contributed by atoms with van der Waals surface area (Å²) >= 11 is 7.63. The monoisotopic (exact) mass is 410 g/mol. The van der Waals surface area contributed by atoms with Crippen molar-refractivity contribution in [1.29, 1.82) is 0 Å². The largest absolute Gasteiger partial charge is 0.507 e. The summed E-state index contributed by atoms with van der Waals surface area (Å²) in [4.78, 5) is 31.3. The first-order chi connectivity index (χ1) is 13.5. The summed E-state index contributed by atoms with van der Waals surface area (Å²) in [5.74, 6) is -1.74. The number of halogens is 1. The van der Waals surface area contributed by atoms with Gasteiger partial charge in [0.05, 0.1) is 11.6 Å². The van der Waals surface area contributed by atoms with E-state index in [0.29, 0.717) is 21.3 Å². The molecule has 140 valence electrons. The number of aliphatic hydroxyl groups excluding tert-OH is 1. The van der Waals surface area contributed by atoms with E-state index in [4.69, 9.17) is 11.6 Å². The molecule has 7 heteroatoms. The van der Waals surface area contributed by atoms with Crippen molar-refractivity contribution in [2.45, 2.75) is 13.0 Å². The number of rotatable bonds is 3.